The molecule has 0 unspecified atom stereocenters. The third-order valence-electron chi connectivity index (χ3n) is 2.76. The zero-order valence-corrected chi connectivity index (χ0v) is 10.8. The Morgan fingerprint density at radius 1 is 1.37 bits per heavy atom. The normalized spacial score (nSPS) is 16.1. The van der Waals surface area contributed by atoms with Gasteiger partial charge in [0.15, 0.2) is 0 Å². The first-order valence-corrected chi connectivity index (χ1v) is 6.03. The Hall–Kier alpha value is -2.12. The first-order chi connectivity index (χ1) is 8.90. The minimum Gasteiger partial charge on any atom is -0.368 e. The fourth-order valence-electron chi connectivity index (χ4n) is 1.64. The SMILES string of the molecule is C[C@H](NC(=O)CNC(=O)CN1CCCC1=O)C(N)=O. The number of hydrogen-bond donors (Lipinski definition) is 3. The standard InChI is InChI=1S/C11H18N4O4/c1-7(11(12)19)14-8(16)5-13-9(17)6-15-4-2-3-10(15)18/h7H,2-6H2,1H3,(H2,12,19)(H,13,17)(H,14,16)/t7-/m0/s1. The predicted octanol–water partition coefficient (Wildman–Crippen LogP) is -2.28. The molecule has 0 aliphatic carbocycles. The number of amides is 4. The summed E-state index contributed by atoms with van der Waals surface area (Å²) in [5.74, 6) is -1.62. The van der Waals surface area contributed by atoms with Crippen LogP contribution in [0.3, 0.4) is 0 Å². The Morgan fingerprint density at radius 2 is 2.05 bits per heavy atom. The number of hydrogen-bond acceptors (Lipinski definition) is 4. The van der Waals surface area contributed by atoms with Crippen LogP contribution < -0.4 is 16.4 Å². The molecule has 8 nitrogen and oxygen atoms in total. The topological polar surface area (TPSA) is 122 Å². The van der Waals surface area contributed by atoms with Gasteiger partial charge in [-0.15, -0.1) is 0 Å². The molecule has 1 heterocycles. The van der Waals surface area contributed by atoms with Gasteiger partial charge < -0.3 is 21.3 Å². The van der Waals surface area contributed by atoms with E-state index in [1.165, 1.54) is 11.8 Å². The van der Waals surface area contributed by atoms with Crippen LogP contribution in [0.2, 0.25) is 0 Å². The van der Waals surface area contributed by atoms with Crippen molar-refractivity contribution in [2.45, 2.75) is 25.8 Å². The summed E-state index contributed by atoms with van der Waals surface area (Å²) in [6, 6.07) is -0.787. The van der Waals surface area contributed by atoms with Crippen molar-refractivity contribution in [3.05, 3.63) is 0 Å². The molecule has 1 atom stereocenters. The lowest BCUT2D eigenvalue weighted by atomic mass is 10.3. The summed E-state index contributed by atoms with van der Waals surface area (Å²) in [4.78, 5) is 46.3. The average molecular weight is 270 g/mol. The highest BCUT2D eigenvalue weighted by atomic mass is 16.2. The summed E-state index contributed by atoms with van der Waals surface area (Å²) < 4.78 is 0. The van der Waals surface area contributed by atoms with E-state index in [0.717, 1.165) is 6.42 Å². The molecule has 0 radical (unpaired) electrons. The van der Waals surface area contributed by atoms with Gasteiger partial charge in [-0.05, 0) is 13.3 Å². The second kappa shape index (κ2) is 6.72. The quantitative estimate of drug-likeness (QED) is 0.503. The molecule has 19 heavy (non-hydrogen) atoms. The molecule has 8 heteroatoms. The molecule has 1 fully saturated rings. The van der Waals surface area contributed by atoms with Crippen molar-refractivity contribution in [3.8, 4) is 0 Å². The van der Waals surface area contributed by atoms with Crippen LogP contribution in [0.5, 0.6) is 0 Å². The van der Waals surface area contributed by atoms with Crippen molar-refractivity contribution >= 4 is 23.6 Å². The van der Waals surface area contributed by atoms with Crippen molar-refractivity contribution in [3.63, 3.8) is 0 Å². The molecular formula is C11H18N4O4. The minimum absolute atomic E-state index is 0.0442. The van der Waals surface area contributed by atoms with Crippen LogP contribution in [0.1, 0.15) is 19.8 Å². The van der Waals surface area contributed by atoms with Crippen molar-refractivity contribution in [2.24, 2.45) is 5.73 Å². The molecule has 0 saturated carbocycles. The van der Waals surface area contributed by atoms with Crippen molar-refractivity contribution in [1.29, 1.82) is 0 Å². The molecule has 1 aliphatic heterocycles. The van der Waals surface area contributed by atoms with Gasteiger partial charge in [-0.3, -0.25) is 19.2 Å². The summed E-state index contributed by atoms with van der Waals surface area (Å²) in [6.45, 7) is 1.72. The molecule has 1 aliphatic rings. The van der Waals surface area contributed by atoms with Crippen LogP contribution in [-0.2, 0) is 19.2 Å². The Morgan fingerprint density at radius 3 is 2.58 bits per heavy atom. The maximum Gasteiger partial charge on any atom is 0.240 e. The molecule has 1 rings (SSSR count). The van der Waals surface area contributed by atoms with Gasteiger partial charge in [0, 0.05) is 13.0 Å². The van der Waals surface area contributed by atoms with Gasteiger partial charge in [0.1, 0.15) is 6.04 Å². The molecule has 0 spiro atoms. The van der Waals surface area contributed by atoms with E-state index in [2.05, 4.69) is 10.6 Å². The largest absolute Gasteiger partial charge is 0.368 e. The van der Waals surface area contributed by atoms with Crippen LogP contribution >= 0.6 is 0 Å². The Kier molecular flexibility index (Phi) is 5.28. The lowest BCUT2D eigenvalue weighted by Gasteiger charge is -2.15. The van der Waals surface area contributed by atoms with Crippen LogP contribution in [0.15, 0.2) is 0 Å². The van der Waals surface area contributed by atoms with Crippen molar-refractivity contribution < 1.29 is 19.2 Å². The molecule has 0 aromatic rings. The number of rotatable bonds is 6. The summed E-state index contributed by atoms with van der Waals surface area (Å²) >= 11 is 0. The zero-order valence-electron chi connectivity index (χ0n) is 10.8. The van der Waals surface area contributed by atoms with Crippen LogP contribution in [0, 0.1) is 0 Å². The van der Waals surface area contributed by atoms with E-state index in [9.17, 15) is 19.2 Å². The number of nitrogens with zero attached hydrogens (tertiary/aromatic N) is 1. The highest BCUT2D eigenvalue weighted by Gasteiger charge is 2.22. The second-order valence-corrected chi connectivity index (χ2v) is 4.39. The number of likely N-dealkylation sites (tertiary alicyclic amines) is 1. The third kappa shape index (κ3) is 4.94. The smallest absolute Gasteiger partial charge is 0.240 e. The van der Waals surface area contributed by atoms with Gasteiger partial charge in [-0.2, -0.15) is 0 Å². The van der Waals surface area contributed by atoms with Gasteiger partial charge in [-0.1, -0.05) is 0 Å². The summed E-state index contributed by atoms with van der Waals surface area (Å²) in [6.07, 6.45) is 1.21. The summed E-state index contributed by atoms with van der Waals surface area (Å²) in [5.41, 5.74) is 4.98. The third-order valence-corrected chi connectivity index (χ3v) is 2.76. The first kappa shape index (κ1) is 14.9. The number of nitrogens with two attached hydrogens (primary N) is 1. The Balaban J connectivity index is 2.24. The van der Waals surface area contributed by atoms with Crippen LogP contribution in [0.25, 0.3) is 0 Å². The van der Waals surface area contributed by atoms with Gasteiger partial charge in [0.05, 0.1) is 13.1 Å². The number of carbonyl (C=O) groups excluding carboxylic acids is 4. The van der Waals surface area contributed by atoms with E-state index in [4.69, 9.17) is 5.73 Å². The highest BCUT2D eigenvalue weighted by Crippen LogP contribution is 2.08. The van der Waals surface area contributed by atoms with Gasteiger partial charge in [0.25, 0.3) is 0 Å². The lowest BCUT2D eigenvalue weighted by molar-refractivity contribution is -0.133. The molecule has 1 saturated heterocycles. The molecule has 0 aromatic heterocycles. The van der Waals surface area contributed by atoms with Gasteiger partial charge in [-0.25, -0.2) is 0 Å². The van der Waals surface area contributed by atoms with E-state index >= 15 is 0 Å². The van der Waals surface area contributed by atoms with E-state index in [-0.39, 0.29) is 19.0 Å². The Bertz CT molecular complexity index is 396. The summed E-state index contributed by atoms with van der Waals surface area (Å²) in [5, 5.41) is 4.71. The van der Waals surface area contributed by atoms with Crippen LogP contribution in [0.4, 0.5) is 0 Å². The maximum atomic E-state index is 11.5. The van der Waals surface area contributed by atoms with Crippen molar-refractivity contribution in [1.82, 2.24) is 15.5 Å². The number of primary amides is 1. The fourth-order valence-corrected chi connectivity index (χ4v) is 1.64. The van der Waals surface area contributed by atoms with Crippen molar-refractivity contribution in [2.75, 3.05) is 19.6 Å². The summed E-state index contributed by atoms with van der Waals surface area (Å²) in [7, 11) is 0. The van der Waals surface area contributed by atoms with Gasteiger partial charge in [0.2, 0.25) is 23.6 Å². The average Bonchev–Trinajstić information content (AvgIpc) is 2.72. The number of carbonyl (C=O) groups is 4. The van der Waals surface area contributed by atoms with Crippen LogP contribution in [-0.4, -0.2) is 54.2 Å². The van der Waals surface area contributed by atoms with E-state index in [1.54, 1.807) is 0 Å². The van der Waals surface area contributed by atoms with E-state index < -0.39 is 23.8 Å². The molecule has 4 amide bonds. The molecular weight excluding hydrogens is 252 g/mol. The molecule has 106 valence electrons. The van der Waals surface area contributed by atoms with E-state index in [0.29, 0.717) is 13.0 Å². The predicted molar refractivity (Wildman–Crippen MR) is 65.6 cm³/mol. The second-order valence-electron chi connectivity index (χ2n) is 4.39. The molecule has 4 N–H and O–H groups in total. The monoisotopic (exact) mass is 270 g/mol. The van der Waals surface area contributed by atoms with Gasteiger partial charge >= 0.3 is 0 Å². The zero-order chi connectivity index (χ0) is 14.4. The fraction of sp³-hybridized carbons (Fsp3) is 0.636. The maximum absolute atomic E-state index is 11.5. The van der Waals surface area contributed by atoms with E-state index in [1.807, 2.05) is 0 Å². The highest BCUT2D eigenvalue weighted by molar-refractivity contribution is 5.90. The minimum atomic E-state index is -0.787. The molecule has 0 bridgehead atoms. The Labute approximate surface area is 110 Å². The lowest BCUT2D eigenvalue weighted by Crippen LogP contribution is -2.47. The number of nitrogens with one attached hydrogen (secondary N) is 2. The molecule has 0 aromatic carbocycles. The first-order valence-electron chi connectivity index (χ1n) is 6.03.